The summed E-state index contributed by atoms with van der Waals surface area (Å²) in [4.78, 5) is 44.5. The number of rotatable bonds is 8. The van der Waals surface area contributed by atoms with Gasteiger partial charge in [-0.05, 0) is 43.4 Å². The number of aryl methyl sites for hydroxylation is 3. The minimum Gasteiger partial charge on any atom is -0.383 e. The monoisotopic (exact) mass is 454 g/mol. The summed E-state index contributed by atoms with van der Waals surface area (Å²) in [6.07, 6.45) is 5.79. The van der Waals surface area contributed by atoms with Gasteiger partial charge in [0.15, 0.2) is 0 Å². The van der Waals surface area contributed by atoms with Crippen molar-refractivity contribution in [3.05, 3.63) is 57.0 Å². The molecule has 2 heterocycles. The molecule has 4 rings (SSSR count). The van der Waals surface area contributed by atoms with Crippen molar-refractivity contribution in [1.29, 1.82) is 0 Å². The topological polar surface area (TPSA) is 102 Å². The Bertz CT molecular complexity index is 1200. The van der Waals surface area contributed by atoms with Crippen molar-refractivity contribution < 1.29 is 14.3 Å². The van der Waals surface area contributed by atoms with Gasteiger partial charge in [0.05, 0.1) is 29.6 Å². The van der Waals surface area contributed by atoms with Crippen molar-refractivity contribution >= 4 is 39.1 Å². The van der Waals surface area contributed by atoms with E-state index in [0.29, 0.717) is 29.8 Å². The minimum atomic E-state index is -0.286. The Balaban J connectivity index is 1.44. The molecule has 2 N–H and O–H groups in total. The van der Waals surface area contributed by atoms with Gasteiger partial charge in [0, 0.05) is 31.5 Å². The highest BCUT2D eigenvalue weighted by Crippen LogP contribution is 2.33. The van der Waals surface area contributed by atoms with Crippen LogP contribution in [0.25, 0.3) is 10.2 Å². The Labute approximate surface area is 189 Å². The normalized spacial score (nSPS) is 13.0. The number of carbonyl (C=O) groups excluding carboxylic acids is 2. The number of fused-ring (bicyclic) bond motifs is 3. The maximum absolute atomic E-state index is 13.0. The molecular weight excluding hydrogens is 428 g/mol. The lowest BCUT2D eigenvalue weighted by Crippen LogP contribution is -2.28. The third-order valence-electron chi connectivity index (χ3n) is 5.56. The van der Waals surface area contributed by atoms with Gasteiger partial charge in [0.1, 0.15) is 4.83 Å². The molecule has 9 heteroatoms. The second-order valence-electron chi connectivity index (χ2n) is 7.73. The molecule has 0 bridgehead atoms. The van der Waals surface area contributed by atoms with Crippen LogP contribution in [0.2, 0.25) is 0 Å². The lowest BCUT2D eigenvalue weighted by molar-refractivity contribution is -0.116. The number of anilines is 1. The first kappa shape index (κ1) is 22.2. The lowest BCUT2D eigenvalue weighted by atomic mass is 9.97. The summed E-state index contributed by atoms with van der Waals surface area (Å²) < 4.78 is 6.45. The second-order valence-corrected chi connectivity index (χ2v) is 8.81. The molecule has 0 atom stereocenters. The Morgan fingerprint density at radius 1 is 1.22 bits per heavy atom. The maximum Gasteiger partial charge on any atom is 0.262 e. The number of aromatic nitrogens is 2. The summed E-state index contributed by atoms with van der Waals surface area (Å²) in [7, 11) is 1.56. The number of carbonyl (C=O) groups is 2. The third kappa shape index (κ3) is 4.73. The SMILES string of the molecule is COCCNC(=O)c1ccccc1NC(=O)CCn1cnc2sc3c(c2c1=O)CCCC3. The van der Waals surface area contributed by atoms with Gasteiger partial charge in [-0.25, -0.2) is 4.98 Å². The highest BCUT2D eigenvalue weighted by Gasteiger charge is 2.20. The van der Waals surface area contributed by atoms with E-state index in [0.717, 1.165) is 36.1 Å². The summed E-state index contributed by atoms with van der Waals surface area (Å²) in [5.41, 5.74) is 1.86. The molecule has 0 spiro atoms. The van der Waals surface area contributed by atoms with Gasteiger partial charge < -0.3 is 15.4 Å². The molecule has 2 aromatic heterocycles. The van der Waals surface area contributed by atoms with Gasteiger partial charge in [-0.3, -0.25) is 19.0 Å². The van der Waals surface area contributed by atoms with Crippen molar-refractivity contribution in [2.24, 2.45) is 0 Å². The van der Waals surface area contributed by atoms with Crippen LogP contribution < -0.4 is 16.2 Å². The number of para-hydroxylation sites is 1. The molecule has 8 nitrogen and oxygen atoms in total. The first-order chi connectivity index (χ1) is 15.6. The molecule has 0 fully saturated rings. The van der Waals surface area contributed by atoms with Crippen LogP contribution in [0.1, 0.15) is 40.1 Å². The summed E-state index contributed by atoms with van der Waals surface area (Å²) in [5, 5.41) is 6.25. The number of hydrogen-bond acceptors (Lipinski definition) is 6. The van der Waals surface area contributed by atoms with E-state index in [9.17, 15) is 14.4 Å². The number of ether oxygens (including phenoxy) is 1. The van der Waals surface area contributed by atoms with Gasteiger partial charge in [0.2, 0.25) is 5.91 Å². The number of nitrogens with zero attached hydrogens (tertiary/aromatic N) is 2. The van der Waals surface area contributed by atoms with E-state index in [1.807, 2.05) is 0 Å². The number of nitrogens with one attached hydrogen (secondary N) is 2. The molecule has 0 radical (unpaired) electrons. The van der Waals surface area contributed by atoms with Gasteiger partial charge >= 0.3 is 0 Å². The van der Waals surface area contributed by atoms with Crippen LogP contribution in [0.4, 0.5) is 5.69 Å². The van der Waals surface area contributed by atoms with Crippen LogP contribution in [0, 0.1) is 0 Å². The van der Waals surface area contributed by atoms with E-state index in [1.54, 1.807) is 42.7 Å². The van der Waals surface area contributed by atoms with Crippen molar-refractivity contribution in [1.82, 2.24) is 14.9 Å². The highest BCUT2D eigenvalue weighted by molar-refractivity contribution is 7.18. The summed E-state index contributed by atoms with van der Waals surface area (Å²) >= 11 is 1.61. The number of thiophene rings is 1. The highest BCUT2D eigenvalue weighted by atomic mass is 32.1. The predicted molar refractivity (Wildman–Crippen MR) is 124 cm³/mol. The fourth-order valence-electron chi connectivity index (χ4n) is 3.93. The van der Waals surface area contributed by atoms with Gasteiger partial charge in [0.25, 0.3) is 11.5 Å². The Morgan fingerprint density at radius 3 is 2.88 bits per heavy atom. The molecule has 1 aliphatic carbocycles. The fraction of sp³-hybridized carbons (Fsp3) is 0.391. The van der Waals surface area contributed by atoms with Crippen molar-refractivity contribution in [2.75, 3.05) is 25.6 Å². The van der Waals surface area contributed by atoms with Crippen LogP contribution in [0.5, 0.6) is 0 Å². The van der Waals surface area contributed by atoms with Crippen LogP contribution in [-0.2, 0) is 28.9 Å². The largest absolute Gasteiger partial charge is 0.383 e. The average Bonchev–Trinajstić information content (AvgIpc) is 3.18. The molecule has 2 amide bonds. The van der Waals surface area contributed by atoms with Crippen molar-refractivity contribution in [3.8, 4) is 0 Å². The Kier molecular flexibility index (Phi) is 6.96. The lowest BCUT2D eigenvalue weighted by Gasteiger charge is -2.12. The maximum atomic E-state index is 13.0. The van der Waals surface area contributed by atoms with Gasteiger partial charge in [-0.15, -0.1) is 11.3 Å². The molecule has 0 aliphatic heterocycles. The molecule has 0 saturated carbocycles. The van der Waals surface area contributed by atoms with E-state index in [1.165, 1.54) is 15.8 Å². The summed E-state index contributed by atoms with van der Waals surface area (Å²) in [6.45, 7) is 1.00. The summed E-state index contributed by atoms with van der Waals surface area (Å²) in [5.74, 6) is -0.562. The predicted octanol–water partition coefficient (Wildman–Crippen LogP) is 2.74. The molecular formula is C23H26N4O4S. The van der Waals surface area contributed by atoms with Gasteiger partial charge in [-0.1, -0.05) is 12.1 Å². The standard InChI is InChI=1S/C23H26N4O4S/c1-31-13-11-24-21(29)15-6-2-4-8-17(15)26-19(28)10-12-27-14-25-22-20(23(27)30)16-7-3-5-9-18(16)32-22/h2,4,6,8,14H,3,5,7,9-13H2,1H3,(H,24,29)(H,26,28). The molecule has 32 heavy (non-hydrogen) atoms. The Morgan fingerprint density at radius 2 is 2.03 bits per heavy atom. The summed E-state index contributed by atoms with van der Waals surface area (Å²) in [6, 6.07) is 6.83. The third-order valence-corrected chi connectivity index (χ3v) is 6.76. The van der Waals surface area contributed by atoms with E-state index < -0.39 is 0 Å². The minimum absolute atomic E-state index is 0.0832. The average molecular weight is 455 g/mol. The van der Waals surface area contributed by atoms with Gasteiger partial charge in [-0.2, -0.15) is 0 Å². The van der Waals surface area contributed by atoms with E-state index in [-0.39, 0.29) is 30.3 Å². The molecule has 1 aliphatic rings. The smallest absolute Gasteiger partial charge is 0.262 e. The molecule has 3 aromatic rings. The van der Waals surface area contributed by atoms with E-state index >= 15 is 0 Å². The zero-order valence-corrected chi connectivity index (χ0v) is 18.8. The fourth-order valence-corrected chi connectivity index (χ4v) is 5.15. The zero-order chi connectivity index (χ0) is 22.5. The van der Waals surface area contributed by atoms with Crippen molar-refractivity contribution in [2.45, 2.75) is 38.6 Å². The van der Waals surface area contributed by atoms with E-state index in [2.05, 4.69) is 15.6 Å². The first-order valence-electron chi connectivity index (χ1n) is 10.7. The van der Waals surface area contributed by atoms with Crippen LogP contribution in [-0.4, -0.2) is 41.6 Å². The number of methoxy groups -OCH3 is 1. The molecule has 0 saturated heterocycles. The van der Waals surface area contributed by atoms with Crippen LogP contribution >= 0.6 is 11.3 Å². The van der Waals surface area contributed by atoms with Crippen LogP contribution in [0.15, 0.2) is 35.4 Å². The van der Waals surface area contributed by atoms with E-state index in [4.69, 9.17) is 4.74 Å². The van der Waals surface area contributed by atoms with Crippen LogP contribution in [0.3, 0.4) is 0 Å². The Hall–Kier alpha value is -3.04. The zero-order valence-electron chi connectivity index (χ0n) is 18.0. The number of hydrogen-bond donors (Lipinski definition) is 2. The second kappa shape index (κ2) is 10.1. The first-order valence-corrected chi connectivity index (χ1v) is 11.6. The molecule has 168 valence electrons. The van der Waals surface area contributed by atoms with Crippen molar-refractivity contribution in [3.63, 3.8) is 0 Å². The number of amides is 2. The molecule has 1 aromatic carbocycles. The quantitative estimate of drug-likeness (QED) is 0.510. The number of benzene rings is 1. The molecule has 0 unspecified atom stereocenters.